The molecule has 0 fully saturated rings. The van der Waals surface area contributed by atoms with Crippen LogP contribution in [-0.2, 0) is 18.4 Å². The standard InChI is InChI=1S/C19H19N5O3S3/c1-3-7-24(10-14-21-22-17(27-14)13-5-4-8-28-13)15(25)11-30-19-20-12-6-9-29-16(12)18(26)23(19)2/h4-6,8-9H,3,7,10-11H2,1-2H3. The molecule has 0 aromatic carbocycles. The number of amides is 1. The topological polar surface area (TPSA) is 94.1 Å². The summed E-state index contributed by atoms with van der Waals surface area (Å²) in [7, 11) is 1.68. The van der Waals surface area contributed by atoms with Gasteiger partial charge in [-0.05, 0) is 29.3 Å². The van der Waals surface area contributed by atoms with Crippen molar-refractivity contribution in [1.82, 2.24) is 24.6 Å². The van der Waals surface area contributed by atoms with E-state index in [1.807, 2.05) is 35.9 Å². The van der Waals surface area contributed by atoms with Crippen molar-refractivity contribution in [2.45, 2.75) is 25.0 Å². The second-order valence-electron chi connectivity index (χ2n) is 6.48. The number of rotatable bonds is 8. The number of fused-ring (bicyclic) bond motifs is 1. The fraction of sp³-hybridized carbons (Fsp3) is 0.316. The van der Waals surface area contributed by atoms with Gasteiger partial charge in [-0.25, -0.2) is 4.98 Å². The normalized spacial score (nSPS) is 11.3. The molecule has 156 valence electrons. The molecule has 1 amide bonds. The zero-order valence-electron chi connectivity index (χ0n) is 16.4. The molecule has 30 heavy (non-hydrogen) atoms. The van der Waals surface area contributed by atoms with E-state index >= 15 is 0 Å². The minimum Gasteiger partial charge on any atom is -0.418 e. The summed E-state index contributed by atoms with van der Waals surface area (Å²) in [6, 6.07) is 5.65. The lowest BCUT2D eigenvalue weighted by Gasteiger charge is -2.20. The van der Waals surface area contributed by atoms with Crippen molar-refractivity contribution in [3.63, 3.8) is 0 Å². The average molecular weight is 462 g/mol. The molecule has 4 rings (SSSR count). The first-order valence-electron chi connectivity index (χ1n) is 9.28. The Balaban J connectivity index is 1.45. The average Bonchev–Trinajstić information content (AvgIpc) is 3.50. The van der Waals surface area contributed by atoms with Gasteiger partial charge in [-0.3, -0.25) is 14.2 Å². The molecule has 0 aliphatic heterocycles. The molecule has 11 heteroatoms. The van der Waals surface area contributed by atoms with Gasteiger partial charge in [0.25, 0.3) is 11.4 Å². The van der Waals surface area contributed by atoms with Crippen LogP contribution in [0.15, 0.2) is 43.3 Å². The van der Waals surface area contributed by atoms with E-state index in [4.69, 9.17) is 4.42 Å². The van der Waals surface area contributed by atoms with Crippen LogP contribution in [0.1, 0.15) is 19.2 Å². The van der Waals surface area contributed by atoms with Crippen molar-refractivity contribution < 1.29 is 9.21 Å². The first-order valence-corrected chi connectivity index (χ1v) is 12.0. The van der Waals surface area contributed by atoms with Gasteiger partial charge in [0.05, 0.1) is 22.7 Å². The van der Waals surface area contributed by atoms with E-state index < -0.39 is 0 Å². The summed E-state index contributed by atoms with van der Waals surface area (Å²) in [6.45, 7) is 2.83. The van der Waals surface area contributed by atoms with E-state index in [1.54, 1.807) is 11.9 Å². The molecule has 0 unspecified atom stereocenters. The largest absolute Gasteiger partial charge is 0.418 e. The number of hydrogen-bond acceptors (Lipinski definition) is 9. The van der Waals surface area contributed by atoms with E-state index in [2.05, 4.69) is 15.2 Å². The monoisotopic (exact) mass is 461 g/mol. The van der Waals surface area contributed by atoms with Crippen LogP contribution in [0, 0.1) is 0 Å². The third-order valence-corrected chi connectivity index (χ3v) is 7.11. The summed E-state index contributed by atoms with van der Waals surface area (Å²) < 4.78 is 7.84. The van der Waals surface area contributed by atoms with Gasteiger partial charge in [0.15, 0.2) is 5.16 Å². The Labute approximate surface area is 184 Å². The van der Waals surface area contributed by atoms with Crippen LogP contribution < -0.4 is 5.56 Å². The van der Waals surface area contributed by atoms with Crippen LogP contribution in [-0.4, -0.2) is 42.9 Å². The summed E-state index contributed by atoms with van der Waals surface area (Å²) >= 11 is 4.15. The van der Waals surface area contributed by atoms with Gasteiger partial charge in [0.1, 0.15) is 4.70 Å². The Morgan fingerprint density at radius 2 is 2.13 bits per heavy atom. The summed E-state index contributed by atoms with van der Waals surface area (Å²) in [6.07, 6.45) is 0.805. The Morgan fingerprint density at radius 1 is 1.27 bits per heavy atom. The molecular formula is C19H19N5O3S3. The van der Waals surface area contributed by atoms with Crippen molar-refractivity contribution in [1.29, 1.82) is 0 Å². The zero-order chi connectivity index (χ0) is 21.1. The molecule has 0 radical (unpaired) electrons. The second kappa shape index (κ2) is 9.11. The fourth-order valence-electron chi connectivity index (χ4n) is 2.86. The first-order chi connectivity index (χ1) is 14.6. The first kappa shape index (κ1) is 20.8. The van der Waals surface area contributed by atoms with Gasteiger partial charge in [-0.2, -0.15) is 0 Å². The molecule has 4 heterocycles. The molecule has 0 saturated heterocycles. The minimum absolute atomic E-state index is 0.0719. The fourth-order valence-corrected chi connectivity index (χ4v) is 5.18. The maximum atomic E-state index is 12.9. The van der Waals surface area contributed by atoms with Crippen LogP contribution in [0.25, 0.3) is 21.0 Å². The lowest BCUT2D eigenvalue weighted by molar-refractivity contribution is -0.129. The van der Waals surface area contributed by atoms with Gasteiger partial charge in [-0.15, -0.1) is 32.9 Å². The third kappa shape index (κ3) is 4.32. The molecule has 4 aromatic rings. The molecule has 0 saturated carbocycles. The van der Waals surface area contributed by atoms with E-state index in [1.165, 1.54) is 39.0 Å². The van der Waals surface area contributed by atoms with Crippen LogP contribution in [0.3, 0.4) is 0 Å². The third-order valence-electron chi connectivity index (χ3n) is 4.34. The van der Waals surface area contributed by atoms with Crippen molar-refractivity contribution >= 4 is 50.6 Å². The molecule has 4 aromatic heterocycles. The Hall–Kier alpha value is -2.50. The van der Waals surface area contributed by atoms with Gasteiger partial charge in [-0.1, -0.05) is 24.8 Å². The van der Waals surface area contributed by atoms with Crippen LogP contribution in [0.5, 0.6) is 0 Å². The highest BCUT2D eigenvalue weighted by molar-refractivity contribution is 7.99. The van der Waals surface area contributed by atoms with E-state index in [0.29, 0.717) is 33.7 Å². The van der Waals surface area contributed by atoms with Crippen molar-refractivity contribution in [3.05, 3.63) is 45.2 Å². The van der Waals surface area contributed by atoms with Crippen LogP contribution in [0.2, 0.25) is 0 Å². The smallest absolute Gasteiger partial charge is 0.271 e. The van der Waals surface area contributed by atoms with Gasteiger partial charge in [0.2, 0.25) is 11.8 Å². The lowest BCUT2D eigenvalue weighted by atomic mass is 10.4. The number of carbonyl (C=O) groups excluding carboxylic acids is 1. The molecule has 0 aliphatic carbocycles. The highest BCUT2D eigenvalue weighted by Gasteiger charge is 2.19. The SMILES string of the molecule is CCCN(Cc1nnc(-c2cccs2)o1)C(=O)CSc1nc2ccsc2c(=O)n1C. The molecule has 8 nitrogen and oxygen atoms in total. The second-order valence-corrected chi connectivity index (χ2v) is 9.28. The Bertz CT molecular complexity index is 1210. The zero-order valence-corrected chi connectivity index (χ0v) is 18.9. The molecule has 0 N–H and O–H groups in total. The predicted molar refractivity (Wildman–Crippen MR) is 119 cm³/mol. The van der Waals surface area contributed by atoms with Gasteiger partial charge in [0, 0.05) is 13.6 Å². The highest BCUT2D eigenvalue weighted by atomic mass is 32.2. The van der Waals surface area contributed by atoms with Gasteiger partial charge < -0.3 is 9.32 Å². The Kier molecular flexibility index (Phi) is 6.30. The number of thiophene rings is 2. The molecule has 0 bridgehead atoms. The van der Waals surface area contributed by atoms with Crippen LogP contribution >= 0.6 is 34.4 Å². The summed E-state index contributed by atoms with van der Waals surface area (Å²) in [5.74, 6) is 0.955. The number of thioether (sulfide) groups is 1. The van der Waals surface area contributed by atoms with Crippen molar-refractivity contribution in [3.8, 4) is 10.8 Å². The lowest BCUT2D eigenvalue weighted by Crippen LogP contribution is -2.33. The minimum atomic E-state index is -0.0951. The van der Waals surface area contributed by atoms with E-state index in [0.717, 1.165) is 11.3 Å². The summed E-state index contributed by atoms with van der Waals surface area (Å²) in [5.41, 5.74) is 0.567. The summed E-state index contributed by atoms with van der Waals surface area (Å²) in [4.78, 5) is 32.4. The molecular weight excluding hydrogens is 442 g/mol. The van der Waals surface area contributed by atoms with E-state index in [-0.39, 0.29) is 23.8 Å². The molecule has 0 atom stereocenters. The number of nitrogens with zero attached hydrogens (tertiary/aromatic N) is 5. The van der Waals surface area contributed by atoms with Crippen molar-refractivity contribution in [2.75, 3.05) is 12.3 Å². The predicted octanol–water partition coefficient (Wildman–Crippen LogP) is 3.64. The Morgan fingerprint density at radius 3 is 2.90 bits per heavy atom. The van der Waals surface area contributed by atoms with E-state index in [9.17, 15) is 9.59 Å². The molecule has 0 aliphatic rings. The van der Waals surface area contributed by atoms with Crippen LogP contribution in [0.4, 0.5) is 0 Å². The number of hydrogen-bond donors (Lipinski definition) is 0. The highest BCUT2D eigenvalue weighted by Crippen LogP contribution is 2.24. The molecule has 0 spiro atoms. The maximum absolute atomic E-state index is 12.9. The van der Waals surface area contributed by atoms with Crippen molar-refractivity contribution in [2.24, 2.45) is 7.05 Å². The van der Waals surface area contributed by atoms with Gasteiger partial charge >= 0.3 is 0 Å². The number of aromatic nitrogens is 4. The number of carbonyl (C=O) groups is 1. The summed E-state index contributed by atoms with van der Waals surface area (Å²) in [5, 5.41) is 12.5. The quantitative estimate of drug-likeness (QED) is 0.292. The maximum Gasteiger partial charge on any atom is 0.271 e.